The van der Waals surface area contributed by atoms with Crippen LogP contribution >= 0.6 is 0 Å². The maximum absolute atomic E-state index is 11.0. The fourth-order valence-corrected chi connectivity index (χ4v) is 1.28. The first-order valence-corrected chi connectivity index (χ1v) is 5.20. The molecule has 0 radical (unpaired) electrons. The summed E-state index contributed by atoms with van der Waals surface area (Å²) in [5.41, 5.74) is 0.673. The summed E-state index contributed by atoms with van der Waals surface area (Å²) in [6, 6.07) is 0. The van der Waals surface area contributed by atoms with Crippen molar-refractivity contribution < 1.29 is 9.53 Å². The summed E-state index contributed by atoms with van der Waals surface area (Å²) in [7, 11) is 1.40. The highest BCUT2D eigenvalue weighted by Gasteiger charge is 2.19. The number of hydrogen-bond acceptors (Lipinski definition) is 3. The first-order chi connectivity index (χ1) is 6.74. The minimum atomic E-state index is -0.242. The monoisotopic (exact) mass is 197 g/mol. The standard InChI is InChI=1S/C11H19NO2/c1-9(11(13)14-2)5-7-12-8-6-10-3-4-10/h5,10,12H,3-4,6-8H2,1-2H3. The van der Waals surface area contributed by atoms with Gasteiger partial charge in [0.2, 0.25) is 0 Å². The van der Waals surface area contributed by atoms with Crippen LogP contribution in [0.1, 0.15) is 26.2 Å². The van der Waals surface area contributed by atoms with Crippen LogP contribution in [0.5, 0.6) is 0 Å². The molecule has 0 aromatic heterocycles. The van der Waals surface area contributed by atoms with E-state index >= 15 is 0 Å². The van der Waals surface area contributed by atoms with Gasteiger partial charge in [0.05, 0.1) is 7.11 Å². The molecule has 0 heterocycles. The van der Waals surface area contributed by atoms with Crippen LogP contribution in [0.3, 0.4) is 0 Å². The lowest BCUT2D eigenvalue weighted by Gasteiger charge is -2.01. The molecule has 0 aromatic rings. The van der Waals surface area contributed by atoms with Crippen molar-refractivity contribution in [3.63, 3.8) is 0 Å². The van der Waals surface area contributed by atoms with Crippen molar-refractivity contribution in [2.75, 3.05) is 20.2 Å². The molecule has 1 saturated carbocycles. The zero-order valence-electron chi connectivity index (χ0n) is 9.01. The number of methoxy groups -OCH3 is 1. The van der Waals surface area contributed by atoms with Crippen LogP contribution in [-0.4, -0.2) is 26.2 Å². The predicted octanol–water partition coefficient (Wildman–Crippen LogP) is 1.50. The lowest BCUT2D eigenvalue weighted by Crippen LogP contribution is -2.16. The van der Waals surface area contributed by atoms with Crippen LogP contribution in [0.15, 0.2) is 11.6 Å². The van der Waals surface area contributed by atoms with Gasteiger partial charge in [-0.15, -0.1) is 0 Å². The number of rotatable bonds is 6. The van der Waals surface area contributed by atoms with Crippen molar-refractivity contribution in [2.24, 2.45) is 5.92 Å². The molecule has 1 fully saturated rings. The average molecular weight is 197 g/mol. The zero-order valence-corrected chi connectivity index (χ0v) is 9.01. The average Bonchev–Trinajstić information content (AvgIpc) is 2.99. The quantitative estimate of drug-likeness (QED) is 0.398. The highest BCUT2D eigenvalue weighted by Crippen LogP contribution is 2.31. The van der Waals surface area contributed by atoms with Gasteiger partial charge in [0.25, 0.3) is 0 Å². The molecule has 0 spiro atoms. The SMILES string of the molecule is COC(=O)C(C)=CCNCCC1CC1. The van der Waals surface area contributed by atoms with Crippen molar-refractivity contribution in [3.05, 3.63) is 11.6 Å². The molecule has 1 N–H and O–H groups in total. The molecule has 1 aliphatic carbocycles. The van der Waals surface area contributed by atoms with Crippen LogP contribution < -0.4 is 5.32 Å². The van der Waals surface area contributed by atoms with Gasteiger partial charge >= 0.3 is 5.97 Å². The van der Waals surface area contributed by atoms with Gasteiger partial charge in [-0.25, -0.2) is 4.79 Å². The van der Waals surface area contributed by atoms with E-state index in [0.29, 0.717) is 5.57 Å². The highest BCUT2D eigenvalue weighted by atomic mass is 16.5. The van der Waals surface area contributed by atoms with Crippen molar-refractivity contribution in [1.82, 2.24) is 5.32 Å². The fraction of sp³-hybridized carbons (Fsp3) is 0.727. The van der Waals surface area contributed by atoms with E-state index in [1.165, 1.54) is 26.4 Å². The Hall–Kier alpha value is -0.830. The van der Waals surface area contributed by atoms with Gasteiger partial charge < -0.3 is 10.1 Å². The Morgan fingerprint density at radius 1 is 1.57 bits per heavy atom. The van der Waals surface area contributed by atoms with E-state index in [1.54, 1.807) is 6.92 Å². The lowest BCUT2D eigenvalue weighted by molar-refractivity contribution is -0.136. The topological polar surface area (TPSA) is 38.3 Å². The first-order valence-electron chi connectivity index (χ1n) is 5.20. The maximum atomic E-state index is 11.0. The summed E-state index contributed by atoms with van der Waals surface area (Å²) in [6.45, 7) is 3.58. The summed E-state index contributed by atoms with van der Waals surface area (Å²) in [6.07, 6.45) is 5.95. The second-order valence-corrected chi connectivity index (χ2v) is 3.81. The number of carbonyl (C=O) groups is 1. The van der Waals surface area contributed by atoms with Gasteiger partial charge in [0.15, 0.2) is 0 Å². The third-order valence-electron chi connectivity index (χ3n) is 2.49. The Morgan fingerprint density at radius 3 is 2.86 bits per heavy atom. The minimum absolute atomic E-state index is 0.242. The predicted molar refractivity (Wildman–Crippen MR) is 56.0 cm³/mol. The number of carbonyl (C=O) groups excluding carboxylic acids is 1. The van der Waals surface area contributed by atoms with Crippen molar-refractivity contribution in [3.8, 4) is 0 Å². The van der Waals surface area contributed by atoms with Crippen molar-refractivity contribution in [1.29, 1.82) is 0 Å². The smallest absolute Gasteiger partial charge is 0.333 e. The van der Waals surface area contributed by atoms with E-state index in [0.717, 1.165) is 19.0 Å². The molecule has 0 aliphatic heterocycles. The molecule has 0 aromatic carbocycles. The third kappa shape index (κ3) is 4.42. The molecule has 14 heavy (non-hydrogen) atoms. The Kier molecular flexibility index (Phi) is 4.66. The van der Waals surface area contributed by atoms with Gasteiger partial charge in [0, 0.05) is 12.1 Å². The third-order valence-corrected chi connectivity index (χ3v) is 2.49. The molecule has 0 atom stereocenters. The van der Waals surface area contributed by atoms with Gasteiger partial charge in [-0.2, -0.15) is 0 Å². The van der Waals surface area contributed by atoms with E-state index < -0.39 is 0 Å². The fourth-order valence-electron chi connectivity index (χ4n) is 1.28. The zero-order chi connectivity index (χ0) is 10.4. The maximum Gasteiger partial charge on any atom is 0.333 e. The summed E-state index contributed by atoms with van der Waals surface area (Å²) >= 11 is 0. The van der Waals surface area contributed by atoms with E-state index in [4.69, 9.17) is 0 Å². The van der Waals surface area contributed by atoms with Crippen LogP contribution in [-0.2, 0) is 9.53 Å². The van der Waals surface area contributed by atoms with Crippen LogP contribution in [0.2, 0.25) is 0 Å². The molecule has 0 saturated heterocycles. The largest absolute Gasteiger partial charge is 0.466 e. The second-order valence-electron chi connectivity index (χ2n) is 3.81. The van der Waals surface area contributed by atoms with E-state index in [1.807, 2.05) is 6.08 Å². The highest BCUT2D eigenvalue weighted by molar-refractivity contribution is 5.87. The number of ether oxygens (including phenoxy) is 1. The molecule has 3 heteroatoms. The van der Waals surface area contributed by atoms with Crippen LogP contribution in [0.25, 0.3) is 0 Å². The van der Waals surface area contributed by atoms with E-state index in [9.17, 15) is 4.79 Å². The van der Waals surface area contributed by atoms with E-state index in [-0.39, 0.29) is 5.97 Å². The van der Waals surface area contributed by atoms with Crippen molar-refractivity contribution in [2.45, 2.75) is 26.2 Å². The van der Waals surface area contributed by atoms with E-state index in [2.05, 4.69) is 10.1 Å². The Balaban J connectivity index is 2.02. The van der Waals surface area contributed by atoms with Crippen LogP contribution in [0, 0.1) is 5.92 Å². The Bertz CT molecular complexity index is 219. The summed E-state index contributed by atoms with van der Waals surface area (Å²) in [5, 5.41) is 3.28. The molecular formula is C11H19NO2. The van der Waals surface area contributed by atoms with Gasteiger partial charge in [0.1, 0.15) is 0 Å². The van der Waals surface area contributed by atoms with Gasteiger partial charge in [-0.05, 0) is 25.8 Å². The van der Waals surface area contributed by atoms with Crippen molar-refractivity contribution >= 4 is 5.97 Å². The first kappa shape index (κ1) is 11.2. The molecule has 3 nitrogen and oxygen atoms in total. The molecule has 0 amide bonds. The number of hydrogen-bond donors (Lipinski definition) is 1. The summed E-state index contributed by atoms with van der Waals surface area (Å²) < 4.78 is 4.58. The molecular weight excluding hydrogens is 178 g/mol. The van der Waals surface area contributed by atoms with Crippen LogP contribution in [0.4, 0.5) is 0 Å². The second kappa shape index (κ2) is 5.81. The number of esters is 1. The molecule has 80 valence electrons. The minimum Gasteiger partial charge on any atom is -0.466 e. The summed E-state index contributed by atoms with van der Waals surface area (Å²) in [4.78, 5) is 11.0. The van der Waals surface area contributed by atoms with Gasteiger partial charge in [-0.3, -0.25) is 0 Å². The number of nitrogens with one attached hydrogen (secondary N) is 1. The Labute approximate surface area is 85.5 Å². The molecule has 1 aliphatic rings. The molecule has 0 bridgehead atoms. The Morgan fingerprint density at radius 2 is 2.29 bits per heavy atom. The lowest BCUT2D eigenvalue weighted by atomic mass is 10.2. The van der Waals surface area contributed by atoms with Gasteiger partial charge in [-0.1, -0.05) is 18.9 Å². The summed E-state index contributed by atoms with van der Waals surface area (Å²) in [5.74, 6) is 0.724. The normalized spacial score (nSPS) is 16.9. The molecule has 1 rings (SSSR count). The molecule has 0 unspecified atom stereocenters.